The van der Waals surface area contributed by atoms with Crippen LogP contribution in [0.2, 0.25) is 0 Å². The normalized spacial score (nSPS) is 11.3. The van der Waals surface area contributed by atoms with Crippen LogP contribution in [0, 0.1) is 0 Å². The first kappa shape index (κ1) is 19.6. The monoisotopic (exact) mass is 424 g/mol. The highest BCUT2D eigenvalue weighted by Gasteiger charge is 2.17. The van der Waals surface area contributed by atoms with E-state index in [4.69, 9.17) is 8.94 Å². The van der Waals surface area contributed by atoms with Crippen molar-refractivity contribution < 1.29 is 22.2 Å². The van der Waals surface area contributed by atoms with Gasteiger partial charge in [-0.25, -0.2) is 13.1 Å². The van der Waals surface area contributed by atoms with Crippen molar-refractivity contribution in [3.63, 3.8) is 0 Å². The number of carbonyl (C=O) groups excluding carboxylic acids is 1. The van der Waals surface area contributed by atoms with Crippen LogP contribution in [0.3, 0.4) is 0 Å². The van der Waals surface area contributed by atoms with Gasteiger partial charge in [0, 0.05) is 29.7 Å². The summed E-state index contributed by atoms with van der Waals surface area (Å²) in [6.45, 7) is 0.0159. The van der Waals surface area contributed by atoms with Crippen LogP contribution < -0.4 is 10.0 Å². The van der Waals surface area contributed by atoms with Crippen molar-refractivity contribution in [2.75, 3.05) is 5.32 Å². The molecule has 0 aliphatic rings. The van der Waals surface area contributed by atoms with Crippen LogP contribution in [0.25, 0.3) is 11.3 Å². The second-order valence-electron chi connectivity index (χ2n) is 6.20. The highest BCUT2D eigenvalue weighted by molar-refractivity contribution is 7.89. The molecule has 0 aliphatic heterocycles. The molecule has 1 amide bonds. The molecule has 0 bridgehead atoms. The lowest BCUT2D eigenvalue weighted by Gasteiger charge is -2.08. The molecule has 3 heterocycles. The SMILES string of the molecule is O=C(Nc1cccc(S(=O)(=O)NCc2ccco2)c1)c1cc(-c2cccnc2)on1. The Morgan fingerprint density at radius 3 is 2.73 bits per heavy atom. The van der Waals surface area contributed by atoms with E-state index in [0.717, 1.165) is 0 Å². The number of nitrogens with one attached hydrogen (secondary N) is 2. The smallest absolute Gasteiger partial charge is 0.277 e. The molecular formula is C20H16N4O5S. The lowest BCUT2D eigenvalue weighted by atomic mass is 10.2. The van der Waals surface area contributed by atoms with E-state index in [-0.39, 0.29) is 17.1 Å². The number of anilines is 1. The van der Waals surface area contributed by atoms with Crippen molar-refractivity contribution in [2.24, 2.45) is 0 Å². The van der Waals surface area contributed by atoms with E-state index in [9.17, 15) is 13.2 Å². The van der Waals surface area contributed by atoms with Gasteiger partial charge in [0.1, 0.15) is 5.76 Å². The zero-order valence-electron chi connectivity index (χ0n) is 15.5. The first-order valence-corrected chi connectivity index (χ1v) is 10.3. The summed E-state index contributed by atoms with van der Waals surface area (Å²) in [5.74, 6) is 0.345. The fourth-order valence-electron chi connectivity index (χ4n) is 2.63. The summed E-state index contributed by atoms with van der Waals surface area (Å²) >= 11 is 0. The summed E-state index contributed by atoms with van der Waals surface area (Å²) in [5, 5.41) is 6.38. The molecule has 9 nitrogen and oxygen atoms in total. The number of furan rings is 1. The van der Waals surface area contributed by atoms with Crippen molar-refractivity contribution in [1.29, 1.82) is 0 Å². The fraction of sp³-hybridized carbons (Fsp3) is 0.0500. The molecule has 0 fully saturated rings. The van der Waals surface area contributed by atoms with Crippen LogP contribution >= 0.6 is 0 Å². The van der Waals surface area contributed by atoms with E-state index in [1.807, 2.05) is 0 Å². The molecule has 0 aliphatic carbocycles. The van der Waals surface area contributed by atoms with Crippen LogP contribution in [0.5, 0.6) is 0 Å². The van der Waals surface area contributed by atoms with Crippen molar-refractivity contribution in [3.8, 4) is 11.3 Å². The number of aromatic nitrogens is 2. The average Bonchev–Trinajstić information content (AvgIpc) is 3.45. The van der Waals surface area contributed by atoms with Gasteiger partial charge in [-0.05, 0) is 42.5 Å². The Balaban J connectivity index is 1.46. The molecular weight excluding hydrogens is 408 g/mol. The molecule has 3 aromatic heterocycles. The molecule has 0 unspecified atom stereocenters. The predicted molar refractivity (Wildman–Crippen MR) is 107 cm³/mol. The van der Waals surface area contributed by atoms with Crippen LogP contribution in [0.15, 0.2) is 87.1 Å². The number of hydrogen-bond acceptors (Lipinski definition) is 7. The quantitative estimate of drug-likeness (QED) is 0.467. The van der Waals surface area contributed by atoms with Gasteiger partial charge in [-0.2, -0.15) is 0 Å². The molecule has 0 atom stereocenters. The van der Waals surface area contributed by atoms with Crippen molar-refractivity contribution in [1.82, 2.24) is 14.9 Å². The summed E-state index contributed by atoms with van der Waals surface area (Å²) in [7, 11) is -3.79. The minimum Gasteiger partial charge on any atom is -0.468 e. The number of carbonyl (C=O) groups is 1. The summed E-state index contributed by atoms with van der Waals surface area (Å²) in [4.78, 5) is 16.5. The third-order valence-corrected chi connectivity index (χ3v) is 5.51. The number of rotatable bonds is 7. The first-order valence-electron chi connectivity index (χ1n) is 8.82. The fourth-order valence-corrected chi connectivity index (χ4v) is 3.66. The largest absolute Gasteiger partial charge is 0.468 e. The maximum atomic E-state index is 12.5. The lowest BCUT2D eigenvalue weighted by Crippen LogP contribution is -2.23. The van der Waals surface area contributed by atoms with E-state index >= 15 is 0 Å². The van der Waals surface area contributed by atoms with E-state index in [1.54, 1.807) is 42.7 Å². The van der Waals surface area contributed by atoms with Crippen molar-refractivity contribution in [3.05, 3.63) is 84.7 Å². The average molecular weight is 424 g/mol. The number of sulfonamides is 1. The second kappa shape index (κ2) is 8.31. The Morgan fingerprint density at radius 2 is 1.97 bits per heavy atom. The maximum Gasteiger partial charge on any atom is 0.277 e. The van der Waals surface area contributed by atoms with Crippen LogP contribution in [0.4, 0.5) is 5.69 Å². The summed E-state index contributed by atoms with van der Waals surface area (Å²) < 4.78 is 37.7. The summed E-state index contributed by atoms with van der Waals surface area (Å²) in [6.07, 6.45) is 4.67. The van der Waals surface area contributed by atoms with Crippen LogP contribution in [-0.4, -0.2) is 24.5 Å². The lowest BCUT2D eigenvalue weighted by molar-refractivity contribution is 0.101. The van der Waals surface area contributed by atoms with Gasteiger partial charge in [-0.3, -0.25) is 9.78 Å². The predicted octanol–water partition coefficient (Wildman–Crippen LogP) is 3.06. The second-order valence-corrected chi connectivity index (χ2v) is 7.97. The number of amides is 1. The topological polar surface area (TPSA) is 127 Å². The summed E-state index contributed by atoms with van der Waals surface area (Å²) in [6, 6.07) is 14.2. The van der Waals surface area contributed by atoms with Gasteiger partial charge < -0.3 is 14.3 Å². The first-order chi connectivity index (χ1) is 14.5. The van der Waals surface area contributed by atoms with Gasteiger partial charge in [-0.1, -0.05) is 11.2 Å². The van der Waals surface area contributed by atoms with Crippen molar-refractivity contribution in [2.45, 2.75) is 11.4 Å². The Labute approximate surface area is 171 Å². The third kappa shape index (κ3) is 4.45. The van der Waals surface area contributed by atoms with Gasteiger partial charge in [0.25, 0.3) is 5.91 Å². The molecule has 1 aromatic carbocycles. The zero-order chi connectivity index (χ0) is 21.0. The molecule has 4 aromatic rings. The Kier molecular flexibility index (Phi) is 5.42. The van der Waals surface area contributed by atoms with E-state index in [1.165, 1.54) is 30.5 Å². The van der Waals surface area contributed by atoms with Gasteiger partial charge >= 0.3 is 0 Å². The van der Waals surface area contributed by atoms with E-state index in [2.05, 4.69) is 20.2 Å². The molecule has 0 saturated carbocycles. The van der Waals surface area contributed by atoms with Gasteiger partial charge in [-0.15, -0.1) is 0 Å². The number of hydrogen-bond donors (Lipinski definition) is 2. The van der Waals surface area contributed by atoms with Gasteiger partial charge in [0.2, 0.25) is 10.0 Å². The molecule has 4 rings (SSSR count). The Bertz CT molecular complexity index is 1250. The number of benzene rings is 1. The van der Waals surface area contributed by atoms with E-state index < -0.39 is 15.9 Å². The van der Waals surface area contributed by atoms with E-state index in [0.29, 0.717) is 22.8 Å². The molecule has 30 heavy (non-hydrogen) atoms. The van der Waals surface area contributed by atoms with Crippen LogP contribution in [-0.2, 0) is 16.6 Å². The molecule has 152 valence electrons. The molecule has 10 heteroatoms. The minimum absolute atomic E-state index is 0.00283. The van der Waals surface area contributed by atoms with Gasteiger partial charge in [0.05, 0.1) is 17.7 Å². The highest BCUT2D eigenvalue weighted by atomic mass is 32.2. The number of pyridine rings is 1. The maximum absolute atomic E-state index is 12.5. The van der Waals surface area contributed by atoms with Crippen molar-refractivity contribution >= 4 is 21.6 Å². The highest BCUT2D eigenvalue weighted by Crippen LogP contribution is 2.20. The third-order valence-electron chi connectivity index (χ3n) is 4.11. The molecule has 0 saturated heterocycles. The molecule has 2 N–H and O–H groups in total. The minimum atomic E-state index is -3.79. The Hall–Kier alpha value is -3.76. The summed E-state index contributed by atoms with van der Waals surface area (Å²) in [5.41, 5.74) is 1.03. The molecule has 0 spiro atoms. The van der Waals surface area contributed by atoms with Crippen LogP contribution in [0.1, 0.15) is 16.2 Å². The Morgan fingerprint density at radius 1 is 1.07 bits per heavy atom. The standard InChI is InChI=1S/C20H16N4O5S/c25-20(18-11-19(29-24-18)14-4-2-8-21-12-14)23-15-5-1-7-17(10-15)30(26,27)22-13-16-6-3-9-28-16/h1-12,22H,13H2,(H,23,25). The molecule has 0 radical (unpaired) electrons. The number of nitrogens with zero attached hydrogens (tertiary/aromatic N) is 2. The zero-order valence-corrected chi connectivity index (χ0v) is 16.3. The van der Waals surface area contributed by atoms with Gasteiger partial charge in [0.15, 0.2) is 11.5 Å².